The minimum absolute atomic E-state index is 0.0252. The van der Waals surface area contributed by atoms with Gasteiger partial charge in [0, 0.05) is 12.1 Å². The van der Waals surface area contributed by atoms with Crippen LogP contribution in [0.15, 0.2) is 53.4 Å². The predicted molar refractivity (Wildman–Crippen MR) is 130 cm³/mol. The monoisotopic (exact) mass is 501 g/mol. The lowest BCUT2D eigenvalue weighted by molar-refractivity contribution is -0.141. The molecule has 9 nitrogen and oxygen atoms in total. The van der Waals surface area contributed by atoms with Gasteiger partial charge in [0.05, 0.1) is 12.7 Å². The first-order valence-electron chi connectivity index (χ1n) is 11.3. The average molecular weight is 502 g/mol. The topological polar surface area (TPSA) is 113 Å². The van der Waals surface area contributed by atoms with Gasteiger partial charge >= 0.3 is 0 Å². The number of fused-ring (bicyclic) bond motifs is 1. The largest absolute Gasteiger partial charge is 0.497 e. The summed E-state index contributed by atoms with van der Waals surface area (Å²) < 4.78 is 31.8. The molecule has 0 saturated carbocycles. The van der Waals surface area contributed by atoms with Crippen molar-refractivity contribution in [2.24, 2.45) is 0 Å². The average Bonchev–Trinajstić information content (AvgIpc) is 2.98. The lowest BCUT2D eigenvalue weighted by atomic mass is 10.1. The fraction of sp³-hybridized carbons (Fsp3) is 0.400. The molecule has 0 aliphatic carbocycles. The molecule has 10 heteroatoms. The number of methoxy groups -OCH3 is 1. The van der Waals surface area contributed by atoms with Crippen LogP contribution < -0.4 is 10.1 Å². The highest BCUT2D eigenvalue weighted by Crippen LogP contribution is 2.30. The molecule has 35 heavy (non-hydrogen) atoms. The van der Waals surface area contributed by atoms with Crippen molar-refractivity contribution >= 4 is 27.7 Å². The summed E-state index contributed by atoms with van der Waals surface area (Å²) in [5, 5.41) is 2.89. The number of hydrogen-bond donors (Lipinski definition) is 1. The van der Waals surface area contributed by atoms with Crippen LogP contribution in [0.2, 0.25) is 0 Å². The Labute approximate surface area is 206 Å². The van der Waals surface area contributed by atoms with E-state index in [1.165, 1.54) is 30.2 Å². The maximum absolute atomic E-state index is 13.6. The lowest BCUT2D eigenvalue weighted by Crippen LogP contribution is -2.55. The number of carbonyl (C=O) groups is 3. The minimum Gasteiger partial charge on any atom is -0.497 e. The number of nitrogens with zero attached hydrogens (tertiary/aromatic N) is 2. The second kappa shape index (κ2) is 10.1. The first-order valence-corrected chi connectivity index (χ1v) is 12.7. The Morgan fingerprint density at radius 3 is 2.40 bits per heavy atom. The second-order valence-corrected chi connectivity index (χ2v) is 11.2. The molecule has 3 rings (SSSR count). The molecule has 0 spiro atoms. The Kier molecular flexibility index (Phi) is 7.54. The van der Waals surface area contributed by atoms with Crippen LogP contribution in [0.5, 0.6) is 5.75 Å². The molecule has 2 aromatic carbocycles. The van der Waals surface area contributed by atoms with Crippen molar-refractivity contribution in [3.63, 3.8) is 0 Å². The molecule has 0 saturated heterocycles. The van der Waals surface area contributed by atoms with Gasteiger partial charge in [0.2, 0.25) is 11.8 Å². The van der Waals surface area contributed by atoms with E-state index in [9.17, 15) is 22.8 Å². The Morgan fingerprint density at radius 1 is 1.11 bits per heavy atom. The third kappa shape index (κ3) is 5.64. The number of ether oxygens (including phenoxy) is 1. The zero-order valence-corrected chi connectivity index (χ0v) is 21.4. The van der Waals surface area contributed by atoms with Crippen molar-refractivity contribution in [2.75, 3.05) is 13.7 Å². The van der Waals surface area contributed by atoms with Crippen LogP contribution in [0, 0.1) is 0 Å². The van der Waals surface area contributed by atoms with Gasteiger partial charge in [-0.05, 0) is 57.0 Å². The highest BCUT2D eigenvalue weighted by atomic mass is 32.2. The quantitative estimate of drug-likeness (QED) is 0.595. The van der Waals surface area contributed by atoms with Crippen molar-refractivity contribution in [3.05, 3.63) is 59.7 Å². The van der Waals surface area contributed by atoms with E-state index in [0.29, 0.717) is 22.0 Å². The van der Waals surface area contributed by atoms with E-state index in [2.05, 4.69) is 5.32 Å². The fourth-order valence-corrected chi connectivity index (χ4v) is 5.46. The zero-order chi connectivity index (χ0) is 26.0. The standard InChI is InChI=1S/C25H31N3O6S/c1-6-20(23(30)26-25(2,3)4)27(15-17-10-9-11-18(14-17)34-5)22(29)16-28-24(31)19-12-7-8-13-21(19)35(28,32)33/h7-14,20H,6,15-16H2,1-5H3,(H,26,30). The van der Waals surface area contributed by atoms with Crippen LogP contribution >= 0.6 is 0 Å². The molecule has 2 aromatic rings. The van der Waals surface area contributed by atoms with Crippen LogP contribution in [0.1, 0.15) is 50.0 Å². The summed E-state index contributed by atoms with van der Waals surface area (Å²) in [7, 11) is -2.65. The van der Waals surface area contributed by atoms with E-state index in [1.807, 2.05) is 20.8 Å². The number of sulfonamides is 1. The van der Waals surface area contributed by atoms with Crippen LogP contribution in [0.4, 0.5) is 0 Å². The van der Waals surface area contributed by atoms with Gasteiger partial charge in [-0.1, -0.05) is 31.2 Å². The van der Waals surface area contributed by atoms with Crippen LogP contribution in [-0.4, -0.2) is 60.6 Å². The van der Waals surface area contributed by atoms with Gasteiger partial charge < -0.3 is 15.0 Å². The van der Waals surface area contributed by atoms with Crippen molar-refractivity contribution in [3.8, 4) is 5.75 Å². The molecule has 3 amide bonds. The summed E-state index contributed by atoms with van der Waals surface area (Å²) >= 11 is 0. The molecular weight excluding hydrogens is 470 g/mol. The van der Waals surface area contributed by atoms with Crippen LogP contribution in [0.25, 0.3) is 0 Å². The van der Waals surface area contributed by atoms with Gasteiger partial charge in [-0.3, -0.25) is 14.4 Å². The molecule has 188 valence electrons. The molecule has 1 heterocycles. The third-order valence-corrected chi connectivity index (χ3v) is 7.35. The first kappa shape index (κ1) is 26.2. The molecule has 1 atom stereocenters. The molecule has 1 unspecified atom stereocenters. The fourth-order valence-electron chi connectivity index (χ4n) is 3.94. The van der Waals surface area contributed by atoms with E-state index >= 15 is 0 Å². The molecule has 0 radical (unpaired) electrons. The Hall–Kier alpha value is -3.40. The zero-order valence-electron chi connectivity index (χ0n) is 20.6. The first-order chi connectivity index (χ1) is 16.4. The predicted octanol–water partition coefficient (Wildman–Crippen LogP) is 2.56. The van der Waals surface area contributed by atoms with E-state index < -0.39 is 40.0 Å². The molecule has 0 fully saturated rings. The molecule has 0 bridgehead atoms. The number of amides is 3. The minimum atomic E-state index is -4.17. The summed E-state index contributed by atoms with van der Waals surface area (Å²) in [5.74, 6) is -1.21. The lowest BCUT2D eigenvalue weighted by Gasteiger charge is -2.33. The normalized spacial score (nSPS) is 15.3. The molecule has 1 aliphatic heterocycles. The van der Waals surface area contributed by atoms with Crippen LogP contribution in [-0.2, 0) is 26.2 Å². The summed E-state index contributed by atoms with van der Waals surface area (Å²) in [5.41, 5.74) is 0.182. The number of hydrogen-bond acceptors (Lipinski definition) is 6. The van der Waals surface area contributed by atoms with Crippen molar-refractivity contribution in [2.45, 2.75) is 57.1 Å². The highest BCUT2D eigenvalue weighted by molar-refractivity contribution is 7.90. The van der Waals surface area contributed by atoms with Crippen molar-refractivity contribution in [1.82, 2.24) is 14.5 Å². The van der Waals surface area contributed by atoms with Gasteiger partial charge in [0.1, 0.15) is 23.2 Å². The summed E-state index contributed by atoms with van der Waals surface area (Å²) in [6.45, 7) is 6.59. The van der Waals surface area contributed by atoms with E-state index in [1.54, 1.807) is 37.3 Å². The maximum Gasteiger partial charge on any atom is 0.269 e. The summed E-state index contributed by atoms with van der Waals surface area (Å²) in [4.78, 5) is 40.7. The van der Waals surface area contributed by atoms with E-state index in [4.69, 9.17) is 4.74 Å². The second-order valence-electron chi connectivity index (χ2n) is 9.35. The Balaban J connectivity index is 1.95. The van der Waals surface area contributed by atoms with E-state index in [0.717, 1.165) is 0 Å². The van der Waals surface area contributed by atoms with E-state index in [-0.39, 0.29) is 22.9 Å². The van der Waals surface area contributed by atoms with Crippen LogP contribution in [0.3, 0.4) is 0 Å². The molecule has 0 aromatic heterocycles. The molecule has 1 aliphatic rings. The van der Waals surface area contributed by atoms with Gasteiger partial charge in [-0.2, -0.15) is 0 Å². The van der Waals surface area contributed by atoms with Crippen molar-refractivity contribution < 1.29 is 27.5 Å². The maximum atomic E-state index is 13.6. The summed E-state index contributed by atoms with van der Waals surface area (Å²) in [6.07, 6.45) is 0.290. The number of carbonyl (C=O) groups excluding carboxylic acids is 3. The highest BCUT2D eigenvalue weighted by Gasteiger charge is 2.43. The van der Waals surface area contributed by atoms with Gasteiger partial charge in [-0.25, -0.2) is 12.7 Å². The third-order valence-electron chi connectivity index (χ3n) is 5.56. The van der Waals surface area contributed by atoms with Gasteiger partial charge in [-0.15, -0.1) is 0 Å². The van der Waals surface area contributed by atoms with Gasteiger partial charge in [0.25, 0.3) is 15.9 Å². The Bertz CT molecular complexity index is 1240. The molecule has 1 N–H and O–H groups in total. The SMILES string of the molecule is CCC(C(=O)NC(C)(C)C)N(Cc1cccc(OC)c1)C(=O)CN1C(=O)c2ccccc2S1(=O)=O. The number of nitrogens with one attached hydrogen (secondary N) is 1. The van der Waals surface area contributed by atoms with Crippen molar-refractivity contribution in [1.29, 1.82) is 0 Å². The van der Waals surface area contributed by atoms with Gasteiger partial charge in [0.15, 0.2) is 0 Å². The summed E-state index contributed by atoms with van der Waals surface area (Å²) in [6, 6.07) is 12.0. The number of rotatable bonds is 8. The molecular formula is C25H31N3O6S. The smallest absolute Gasteiger partial charge is 0.269 e. The number of benzene rings is 2. The Morgan fingerprint density at radius 2 is 1.80 bits per heavy atom.